The molecular formula is C18H26N6O2S. The van der Waals surface area contributed by atoms with Crippen LogP contribution in [0.1, 0.15) is 21.0 Å². The van der Waals surface area contributed by atoms with Gasteiger partial charge in [-0.3, -0.25) is 14.5 Å². The molecule has 2 amide bonds. The van der Waals surface area contributed by atoms with Gasteiger partial charge in [0.2, 0.25) is 0 Å². The minimum atomic E-state index is -0.269. The fraction of sp³-hybridized carbons (Fsp3) is 0.444. The summed E-state index contributed by atoms with van der Waals surface area (Å²) in [5.41, 5.74) is 7.78. The molecule has 146 valence electrons. The van der Waals surface area contributed by atoms with Gasteiger partial charge in [-0.1, -0.05) is 0 Å². The fourth-order valence-electron chi connectivity index (χ4n) is 3.11. The molecule has 2 aromatic heterocycles. The first-order valence-corrected chi connectivity index (χ1v) is 10.1. The predicted octanol–water partition coefficient (Wildman–Crippen LogP) is 0.977. The SMILES string of the molecule is Cn1cc(NC(=O)c2cc(N)cn2C)cc1C(=O)NCCN1CCSCC1. The van der Waals surface area contributed by atoms with Crippen molar-refractivity contribution in [2.45, 2.75) is 0 Å². The van der Waals surface area contributed by atoms with Crippen molar-refractivity contribution in [2.75, 3.05) is 48.7 Å². The number of aromatic nitrogens is 2. The highest BCUT2D eigenvalue weighted by atomic mass is 32.2. The maximum absolute atomic E-state index is 12.4. The van der Waals surface area contributed by atoms with Crippen LogP contribution in [0.15, 0.2) is 24.5 Å². The van der Waals surface area contributed by atoms with Crippen molar-refractivity contribution in [1.29, 1.82) is 0 Å². The van der Waals surface area contributed by atoms with Crippen LogP contribution in [0.5, 0.6) is 0 Å². The van der Waals surface area contributed by atoms with Crippen molar-refractivity contribution in [3.63, 3.8) is 0 Å². The molecule has 2 aromatic rings. The van der Waals surface area contributed by atoms with Gasteiger partial charge in [0, 0.05) is 64.2 Å². The number of aryl methyl sites for hydroxylation is 2. The molecule has 1 aliphatic rings. The molecule has 3 rings (SSSR count). The summed E-state index contributed by atoms with van der Waals surface area (Å²) in [4.78, 5) is 27.2. The van der Waals surface area contributed by atoms with E-state index in [0.717, 1.165) is 31.1 Å². The number of nitrogens with two attached hydrogens (primary N) is 1. The van der Waals surface area contributed by atoms with Gasteiger partial charge in [-0.15, -0.1) is 0 Å². The Bertz CT molecular complexity index is 822. The Labute approximate surface area is 163 Å². The molecule has 0 aromatic carbocycles. The normalized spacial score (nSPS) is 14.9. The van der Waals surface area contributed by atoms with Gasteiger partial charge in [0.15, 0.2) is 0 Å². The summed E-state index contributed by atoms with van der Waals surface area (Å²) < 4.78 is 3.38. The lowest BCUT2D eigenvalue weighted by atomic mass is 10.3. The number of hydrogen-bond donors (Lipinski definition) is 3. The first-order chi connectivity index (χ1) is 12.9. The summed E-state index contributed by atoms with van der Waals surface area (Å²) in [5, 5.41) is 5.77. The second-order valence-electron chi connectivity index (χ2n) is 6.66. The molecule has 0 saturated carbocycles. The van der Waals surface area contributed by atoms with Crippen LogP contribution in [0.4, 0.5) is 11.4 Å². The van der Waals surface area contributed by atoms with Gasteiger partial charge in [-0.25, -0.2) is 0 Å². The van der Waals surface area contributed by atoms with Crippen molar-refractivity contribution < 1.29 is 9.59 Å². The van der Waals surface area contributed by atoms with E-state index in [1.54, 1.807) is 47.8 Å². The average Bonchev–Trinajstić information content (AvgIpc) is 3.17. The van der Waals surface area contributed by atoms with Crippen molar-refractivity contribution in [3.05, 3.63) is 35.9 Å². The summed E-state index contributed by atoms with van der Waals surface area (Å²) in [6.07, 6.45) is 3.40. The molecule has 0 aliphatic carbocycles. The number of anilines is 2. The third-order valence-corrected chi connectivity index (χ3v) is 5.51. The average molecular weight is 391 g/mol. The molecule has 0 radical (unpaired) electrons. The Hall–Kier alpha value is -2.39. The zero-order valence-corrected chi connectivity index (χ0v) is 16.5. The number of rotatable bonds is 6. The van der Waals surface area contributed by atoms with Crippen molar-refractivity contribution in [1.82, 2.24) is 19.4 Å². The van der Waals surface area contributed by atoms with E-state index in [9.17, 15) is 9.59 Å². The largest absolute Gasteiger partial charge is 0.397 e. The highest BCUT2D eigenvalue weighted by molar-refractivity contribution is 7.99. The zero-order chi connectivity index (χ0) is 19.4. The highest BCUT2D eigenvalue weighted by Gasteiger charge is 2.16. The molecule has 3 heterocycles. The topological polar surface area (TPSA) is 97.3 Å². The first-order valence-electron chi connectivity index (χ1n) is 8.92. The zero-order valence-electron chi connectivity index (χ0n) is 15.7. The first kappa shape index (κ1) is 19.4. The van der Waals surface area contributed by atoms with E-state index in [2.05, 4.69) is 15.5 Å². The van der Waals surface area contributed by atoms with Crippen molar-refractivity contribution in [3.8, 4) is 0 Å². The van der Waals surface area contributed by atoms with Crippen molar-refractivity contribution >= 4 is 35.0 Å². The molecule has 0 spiro atoms. The molecule has 1 aliphatic heterocycles. The van der Waals surface area contributed by atoms with E-state index >= 15 is 0 Å². The maximum atomic E-state index is 12.4. The molecule has 1 fully saturated rings. The van der Waals surface area contributed by atoms with E-state index in [0.29, 0.717) is 29.3 Å². The quantitative estimate of drug-likeness (QED) is 0.683. The molecule has 4 N–H and O–H groups in total. The van der Waals surface area contributed by atoms with Crippen LogP contribution in [0, 0.1) is 0 Å². The summed E-state index contributed by atoms with van der Waals surface area (Å²) in [6.45, 7) is 3.61. The van der Waals surface area contributed by atoms with Gasteiger partial charge in [0.05, 0.1) is 11.4 Å². The van der Waals surface area contributed by atoms with Gasteiger partial charge >= 0.3 is 0 Å². The molecular weight excluding hydrogens is 364 g/mol. The Balaban J connectivity index is 1.56. The van der Waals surface area contributed by atoms with Crippen LogP contribution >= 0.6 is 11.8 Å². The Morgan fingerprint density at radius 1 is 1.07 bits per heavy atom. The lowest BCUT2D eigenvalue weighted by Gasteiger charge is -2.25. The Kier molecular flexibility index (Phi) is 6.12. The van der Waals surface area contributed by atoms with Gasteiger partial charge in [0.25, 0.3) is 11.8 Å². The van der Waals surface area contributed by atoms with Crippen LogP contribution in [-0.4, -0.2) is 63.5 Å². The summed E-state index contributed by atoms with van der Waals surface area (Å²) in [7, 11) is 3.54. The second-order valence-corrected chi connectivity index (χ2v) is 7.88. The third-order valence-electron chi connectivity index (χ3n) is 4.57. The molecule has 8 nitrogen and oxygen atoms in total. The fourth-order valence-corrected chi connectivity index (χ4v) is 4.09. The number of nitrogen functional groups attached to an aromatic ring is 1. The molecule has 0 bridgehead atoms. The number of thioether (sulfide) groups is 1. The molecule has 9 heteroatoms. The van der Waals surface area contributed by atoms with Crippen molar-refractivity contribution in [2.24, 2.45) is 14.1 Å². The van der Waals surface area contributed by atoms with E-state index in [1.165, 1.54) is 0 Å². The number of nitrogens with one attached hydrogen (secondary N) is 2. The van der Waals surface area contributed by atoms with Crippen LogP contribution in [-0.2, 0) is 14.1 Å². The molecule has 27 heavy (non-hydrogen) atoms. The van der Waals surface area contributed by atoms with E-state index in [4.69, 9.17) is 5.73 Å². The summed E-state index contributed by atoms with van der Waals surface area (Å²) in [5.74, 6) is 1.89. The minimum Gasteiger partial charge on any atom is -0.397 e. The van der Waals surface area contributed by atoms with Gasteiger partial charge in [-0.2, -0.15) is 11.8 Å². The highest BCUT2D eigenvalue weighted by Crippen LogP contribution is 2.16. The smallest absolute Gasteiger partial charge is 0.272 e. The monoisotopic (exact) mass is 390 g/mol. The second kappa shape index (κ2) is 8.53. The number of amides is 2. The number of nitrogens with zero attached hydrogens (tertiary/aromatic N) is 3. The molecule has 0 atom stereocenters. The minimum absolute atomic E-state index is 0.146. The number of carbonyl (C=O) groups is 2. The van der Waals surface area contributed by atoms with Crippen LogP contribution in [0.2, 0.25) is 0 Å². The Morgan fingerprint density at radius 2 is 1.74 bits per heavy atom. The third kappa shape index (κ3) is 4.86. The predicted molar refractivity (Wildman–Crippen MR) is 109 cm³/mol. The number of hydrogen-bond acceptors (Lipinski definition) is 5. The van der Waals surface area contributed by atoms with Gasteiger partial charge < -0.3 is 25.5 Å². The maximum Gasteiger partial charge on any atom is 0.272 e. The van der Waals surface area contributed by atoms with E-state index < -0.39 is 0 Å². The van der Waals surface area contributed by atoms with E-state index in [1.807, 2.05) is 11.8 Å². The van der Waals surface area contributed by atoms with E-state index in [-0.39, 0.29) is 11.8 Å². The van der Waals surface area contributed by atoms with Crippen LogP contribution in [0.3, 0.4) is 0 Å². The standard InChI is InChI=1S/C18H26N6O2S/c1-22-11-13(19)9-15(22)18(26)21-14-10-16(23(2)12-14)17(25)20-3-4-24-5-7-27-8-6-24/h9-12H,3-8,19H2,1-2H3,(H,20,25)(H,21,26). The van der Waals surface area contributed by atoms with Gasteiger partial charge in [0.1, 0.15) is 11.4 Å². The number of carbonyl (C=O) groups excluding carboxylic acids is 2. The molecule has 0 unspecified atom stereocenters. The van der Waals surface area contributed by atoms with Crippen LogP contribution < -0.4 is 16.4 Å². The van der Waals surface area contributed by atoms with Gasteiger partial charge in [-0.05, 0) is 12.1 Å². The lowest BCUT2D eigenvalue weighted by Crippen LogP contribution is -2.39. The Morgan fingerprint density at radius 3 is 2.41 bits per heavy atom. The molecule has 1 saturated heterocycles. The van der Waals surface area contributed by atoms with Crippen LogP contribution in [0.25, 0.3) is 0 Å². The summed E-state index contributed by atoms with van der Waals surface area (Å²) in [6, 6.07) is 3.29. The summed E-state index contributed by atoms with van der Waals surface area (Å²) >= 11 is 1.97. The lowest BCUT2D eigenvalue weighted by molar-refractivity contribution is 0.0939.